The van der Waals surface area contributed by atoms with Crippen LogP contribution in [0.1, 0.15) is 22.0 Å². The Labute approximate surface area is 161 Å². The number of imide groups is 1. The molecule has 1 fully saturated rings. The molecule has 1 saturated heterocycles. The number of nitrogens with one attached hydrogen (secondary N) is 1. The summed E-state index contributed by atoms with van der Waals surface area (Å²) in [6.45, 7) is 1.46. The number of nitrogens with two attached hydrogens (primary N) is 1. The number of carbonyl (C=O) groups excluding carboxylic acids is 3. The molecule has 28 heavy (non-hydrogen) atoms. The lowest BCUT2D eigenvalue weighted by atomic mass is 10.0. The minimum Gasteiger partial charge on any atom is -0.351 e. The number of hydrogen-bond donors (Lipinski definition) is 2. The van der Waals surface area contributed by atoms with Crippen molar-refractivity contribution < 1.29 is 18.8 Å². The Bertz CT molecular complexity index is 867. The largest absolute Gasteiger partial charge is 0.351 e. The van der Waals surface area contributed by atoms with E-state index in [0.29, 0.717) is 26.2 Å². The van der Waals surface area contributed by atoms with Gasteiger partial charge in [-0.05, 0) is 17.7 Å². The van der Waals surface area contributed by atoms with E-state index in [1.807, 2.05) is 11.0 Å². The number of hydrogen-bond acceptors (Lipinski definition) is 4. The van der Waals surface area contributed by atoms with E-state index in [4.69, 9.17) is 5.73 Å². The number of nitrogens with zero attached hydrogens (tertiary/aromatic N) is 2. The van der Waals surface area contributed by atoms with Gasteiger partial charge in [0.1, 0.15) is 11.9 Å². The van der Waals surface area contributed by atoms with Crippen LogP contribution >= 0.6 is 0 Å². The lowest BCUT2D eigenvalue weighted by Crippen LogP contribution is -2.53. The molecule has 2 aromatic rings. The highest BCUT2D eigenvalue weighted by Gasteiger charge is 2.32. The third-order valence-corrected chi connectivity index (χ3v) is 4.68. The van der Waals surface area contributed by atoms with E-state index in [-0.39, 0.29) is 11.5 Å². The third kappa shape index (κ3) is 4.34. The highest BCUT2D eigenvalue weighted by molar-refractivity contribution is 5.97. The number of primary amides is 1. The number of piperazine rings is 1. The number of amides is 4. The normalized spacial score (nSPS) is 15.7. The maximum atomic E-state index is 13.9. The van der Waals surface area contributed by atoms with Gasteiger partial charge in [-0.25, -0.2) is 9.18 Å². The standard InChI is InChI=1S/C20H21FN4O3/c21-16-9-5-4-8-15(16)19(27)25-12-10-24(11-13-25)17(18(26)23-20(22)28)14-6-2-1-3-7-14/h1-9,17H,10-13H2,(H3,22,23,26,28). The molecule has 0 spiro atoms. The molecule has 1 aliphatic heterocycles. The first-order chi connectivity index (χ1) is 13.5. The second-order valence-electron chi connectivity index (χ2n) is 6.47. The van der Waals surface area contributed by atoms with Crippen molar-refractivity contribution in [3.05, 3.63) is 71.5 Å². The van der Waals surface area contributed by atoms with Crippen molar-refractivity contribution in [1.29, 1.82) is 0 Å². The monoisotopic (exact) mass is 384 g/mol. The van der Waals surface area contributed by atoms with Crippen LogP contribution < -0.4 is 11.1 Å². The summed E-state index contributed by atoms with van der Waals surface area (Å²) in [5, 5.41) is 2.13. The number of halogens is 1. The van der Waals surface area contributed by atoms with Crippen molar-refractivity contribution in [2.45, 2.75) is 6.04 Å². The SMILES string of the molecule is NC(=O)NC(=O)C(c1ccccc1)N1CCN(C(=O)c2ccccc2F)CC1. The molecule has 0 saturated carbocycles. The van der Waals surface area contributed by atoms with Crippen LogP contribution in [0, 0.1) is 5.82 Å². The third-order valence-electron chi connectivity index (χ3n) is 4.68. The molecule has 1 heterocycles. The summed E-state index contributed by atoms with van der Waals surface area (Å²) in [6.07, 6.45) is 0. The molecule has 1 atom stereocenters. The van der Waals surface area contributed by atoms with Crippen LogP contribution in [-0.2, 0) is 4.79 Å². The molecule has 0 aromatic heterocycles. The van der Waals surface area contributed by atoms with Crippen LogP contribution in [0.15, 0.2) is 54.6 Å². The molecule has 0 bridgehead atoms. The van der Waals surface area contributed by atoms with Crippen molar-refractivity contribution in [3.63, 3.8) is 0 Å². The molecule has 2 aromatic carbocycles. The van der Waals surface area contributed by atoms with Crippen molar-refractivity contribution in [2.75, 3.05) is 26.2 Å². The first-order valence-corrected chi connectivity index (χ1v) is 8.90. The summed E-state index contributed by atoms with van der Waals surface area (Å²) in [4.78, 5) is 39.7. The predicted octanol–water partition coefficient (Wildman–Crippen LogP) is 1.52. The van der Waals surface area contributed by atoms with Gasteiger partial charge in [0, 0.05) is 26.2 Å². The van der Waals surface area contributed by atoms with Crippen LogP contribution in [0.2, 0.25) is 0 Å². The van der Waals surface area contributed by atoms with E-state index in [1.165, 1.54) is 18.2 Å². The minimum atomic E-state index is -0.917. The quantitative estimate of drug-likeness (QED) is 0.835. The molecule has 4 amide bonds. The Morgan fingerprint density at radius 2 is 1.54 bits per heavy atom. The van der Waals surface area contributed by atoms with Crippen molar-refractivity contribution in [1.82, 2.24) is 15.1 Å². The van der Waals surface area contributed by atoms with Gasteiger partial charge in [-0.3, -0.25) is 19.8 Å². The zero-order chi connectivity index (χ0) is 20.1. The lowest BCUT2D eigenvalue weighted by Gasteiger charge is -2.38. The van der Waals surface area contributed by atoms with Gasteiger partial charge in [0.25, 0.3) is 5.91 Å². The van der Waals surface area contributed by atoms with Crippen LogP contribution in [0.3, 0.4) is 0 Å². The summed E-state index contributed by atoms with van der Waals surface area (Å²) in [6, 6.07) is 13.3. The van der Waals surface area contributed by atoms with E-state index in [9.17, 15) is 18.8 Å². The van der Waals surface area contributed by atoms with Gasteiger partial charge in [0.15, 0.2) is 0 Å². The number of rotatable bonds is 4. The summed E-state index contributed by atoms with van der Waals surface area (Å²) < 4.78 is 13.9. The smallest absolute Gasteiger partial charge is 0.318 e. The van der Waals surface area contributed by atoms with Crippen molar-refractivity contribution in [2.24, 2.45) is 5.73 Å². The molecule has 0 radical (unpaired) electrons. The predicted molar refractivity (Wildman–Crippen MR) is 101 cm³/mol. The number of carbonyl (C=O) groups is 3. The average Bonchev–Trinajstić information content (AvgIpc) is 2.69. The molecular formula is C20H21FN4O3. The fourth-order valence-electron chi connectivity index (χ4n) is 3.34. The molecule has 3 N–H and O–H groups in total. The molecule has 0 aliphatic carbocycles. The Hall–Kier alpha value is -3.26. The van der Waals surface area contributed by atoms with Crippen molar-refractivity contribution >= 4 is 17.8 Å². The molecule has 1 aliphatic rings. The van der Waals surface area contributed by atoms with Crippen molar-refractivity contribution in [3.8, 4) is 0 Å². The Morgan fingerprint density at radius 1 is 0.929 bits per heavy atom. The zero-order valence-corrected chi connectivity index (χ0v) is 15.2. The molecule has 3 rings (SSSR count). The van der Waals surface area contributed by atoms with Crippen LogP contribution in [0.25, 0.3) is 0 Å². The van der Waals surface area contributed by atoms with E-state index in [0.717, 1.165) is 5.56 Å². The van der Waals surface area contributed by atoms with Gasteiger partial charge in [-0.15, -0.1) is 0 Å². The summed E-state index contributed by atoms with van der Waals surface area (Å²) in [7, 11) is 0. The molecule has 146 valence electrons. The minimum absolute atomic E-state index is 0.0297. The van der Waals surface area contributed by atoms with Gasteiger partial charge in [0.2, 0.25) is 5.91 Å². The Balaban J connectivity index is 1.73. The Morgan fingerprint density at radius 3 is 2.14 bits per heavy atom. The van der Waals surface area contributed by atoms with Crippen LogP contribution in [0.4, 0.5) is 9.18 Å². The fourth-order valence-corrected chi connectivity index (χ4v) is 3.34. The Kier molecular flexibility index (Phi) is 6.00. The van der Waals surface area contributed by atoms with Gasteiger partial charge in [0.05, 0.1) is 5.56 Å². The second kappa shape index (κ2) is 8.62. The molecule has 7 nitrogen and oxygen atoms in total. The molecule has 8 heteroatoms. The highest BCUT2D eigenvalue weighted by atomic mass is 19.1. The maximum absolute atomic E-state index is 13.9. The fraction of sp³-hybridized carbons (Fsp3) is 0.250. The lowest BCUT2D eigenvalue weighted by molar-refractivity contribution is -0.126. The highest BCUT2D eigenvalue weighted by Crippen LogP contribution is 2.23. The van der Waals surface area contributed by atoms with E-state index in [2.05, 4.69) is 5.32 Å². The molecular weight excluding hydrogens is 363 g/mol. The van der Waals surface area contributed by atoms with E-state index >= 15 is 0 Å². The number of urea groups is 1. The first-order valence-electron chi connectivity index (χ1n) is 8.90. The van der Waals surface area contributed by atoms with E-state index in [1.54, 1.807) is 35.2 Å². The number of benzene rings is 2. The second-order valence-corrected chi connectivity index (χ2v) is 6.47. The van der Waals surface area contributed by atoms with Gasteiger partial charge in [-0.1, -0.05) is 42.5 Å². The van der Waals surface area contributed by atoms with Gasteiger partial charge < -0.3 is 10.6 Å². The summed E-state index contributed by atoms with van der Waals surface area (Å²) in [5.74, 6) is -1.46. The zero-order valence-electron chi connectivity index (χ0n) is 15.2. The maximum Gasteiger partial charge on any atom is 0.318 e. The topological polar surface area (TPSA) is 95.7 Å². The summed E-state index contributed by atoms with van der Waals surface area (Å²) in [5.41, 5.74) is 5.85. The first kappa shape index (κ1) is 19.5. The van der Waals surface area contributed by atoms with E-state index < -0.39 is 23.8 Å². The molecule has 1 unspecified atom stereocenters. The average molecular weight is 384 g/mol. The van der Waals surface area contributed by atoms with Gasteiger partial charge >= 0.3 is 6.03 Å². The van der Waals surface area contributed by atoms with Gasteiger partial charge in [-0.2, -0.15) is 0 Å². The van der Waals surface area contributed by atoms with Crippen LogP contribution in [0.5, 0.6) is 0 Å². The van der Waals surface area contributed by atoms with Crippen LogP contribution in [-0.4, -0.2) is 53.8 Å². The summed E-state index contributed by atoms with van der Waals surface area (Å²) >= 11 is 0.